The summed E-state index contributed by atoms with van der Waals surface area (Å²) in [5, 5.41) is 0. The molecule has 1 aliphatic rings. The minimum atomic E-state index is -0.152. The predicted octanol–water partition coefficient (Wildman–Crippen LogP) is 4.36. The molecule has 0 saturated heterocycles. The molecule has 3 rings (SSSR count). The predicted molar refractivity (Wildman–Crippen MR) is 85.2 cm³/mol. The maximum absolute atomic E-state index is 13.7. The largest absolute Gasteiger partial charge is 0.362 e. The molecule has 112 valence electrons. The van der Waals surface area contributed by atoms with Crippen molar-refractivity contribution in [3.63, 3.8) is 0 Å². The second-order valence-corrected chi connectivity index (χ2v) is 6.78. The summed E-state index contributed by atoms with van der Waals surface area (Å²) in [7, 11) is 0. The van der Waals surface area contributed by atoms with Crippen LogP contribution in [0.5, 0.6) is 0 Å². The smallest absolute Gasteiger partial charge is 0.123 e. The molecule has 0 unspecified atom stereocenters. The number of anilines is 1. The van der Waals surface area contributed by atoms with Crippen LogP contribution < -0.4 is 4.90 Å². The third kappa shape index (κ3) is 2.45. The average molecular weight is 286 g/mol. The van der Waals surface area contributed by atoms with Crippen molar-refractivity contribution >= 4 is 5.69 Å². The number of aromatic nitrogens is 1. The number of fused-ring (bicyclic) bond motifs is 2. The zero-order valence-corrected chi connectivity index (χ0v) is 13.3. The Kier molecular flexibility index (Phi) is 3.31. The Morgan fingerprint density at radius 2 is 1.90 bits per heavy atom. The Labute approximate surface area is 126 Å². The van der Waals surface area contributed by atoms with Gasteiger partial charge in [-0.15, -0.1) is 0 Å². The van der Waals surface area contributed by atoms with Crippen LogP contribution >= 0.6 is 0 Å². The lowest BCUT2D eigenvalue weighted by molar-refractivity contribution is 0.500. The first-order valence-electron chi connectivity index (χ1n) is 7.63. The Morgan fingerprint density at radius 1 is 1.14 bits per heavy atom. The van der Waals surface area contributed by atoms with Gasteiger partial charge in [0.2, 0.25) is 0 Å². The average Bonchev–Trinajstić information content (AvgIpc) is 2.70. The molecule has 0 spiro atoms. The normalized spacial score (nSPS) is 14.6. The summed E-state index contributed by atoms with van der Waals surface area (Å²) in [5.74, 6) is -0.152. The first-order chi connectivity index (χ1) is 9.90. The molecule has 21 heavy (non-hydrogen) atoms. The van der Waals surface area contributed by atoms with E-state index in [0.717, 1.165) is 30.8 Å². The van der Waals surface area contributed by atoms with E-state index in [1.165, 1.54) is 11.3 Å². The summed E-state index contributed by atoms with van der Waals surface area (Å²) >= 11 is 0. The molecule has 0 atom stereocenters. The van der Waals surface area contributed by atoms with E-state index in [-0.39, 0.29) is 11.4 Å². The monoisotopic (exact) mass is 286 g/mol. The highest BCUT2D eigenvalue weighted by Crippen LogP contribution is 2.35. The standard InChI is InChI=1S/C18H23FN2/c1-5-20-9-8-13-12-21(18(2,3)4)16-7-6-15(19)10-14(16)11-17(13)20/h6-10H,5,11-12H2,1-4H3. The van der Waals surface area contributed by atoms with Crippen LogP contribution in [0.3, 0.4) is 0 Å². The number of hydrogen-bond donors (Lipinski definition) is 0. The van der Waals surface area contributed by atoms with Crippen LogP contribution in [0.25, 0.3) is 0 Å². The van der Waals surface area contributed by atoms with Crippen molar-refractivity contribution in [3.05, 3.63) is 53.1 Å². The molecule has 1 aromatic carbocycles. The molecule has 0 fully saturated rings. The molecule has 0 aliphatic carbocycles. The third-order valence-electron chi connectivity index (χ3n) is 4.34. The summed E-state index contributed by atoms with van der Waals surface area (Å²) in [6.07, 6.45) is 2.95. The minimum absolute atomic E-state index is 0.00248. The van der Waals surface area contributed by atoms with Gasteiger partial charge in [-0.2, -0.15) is 0 Å². The van der Waals surface area contributed by atoms with E-state index in [1.54, 1.807) is 12.1 Å². The lowest BCUT2D eigenvalue weighted by atomic mass is 10.0. The Bertz CT molecular complexity index is 664. The number of benzene rings is 1. The lowest BCUT2D eigenvalue weighted by Crippen LogP contribution is -2.41. The van der Waals surface area contributed by atoms with Gasteiger partial charge in [-0.3, -0.25) is 0 Å². The second kappa shape index (κ2) is 4.90. The Hall–Kier alpha value is -1.77. The molecular formula is C18H23FN2. The van der Waals surface area contributed by atoms with Crippen LogP contribution in [0.2, 0.25) is 0 Å². The maximum Gasteiger partial charge on any atom is 0.123 e. The molecule has 0 amide bonds. The van der Waals surface area contributed by atoms with E-state index in [1.807, 2.05) is 6.07 Å². The first-order valence-corrected chi connectivity index (χ1v) is 7.63. The summed E-state index contributed by atoms with van der Waals surface area (Å²) in [6.45, 7) is 10.6. The van der Waals surface area contributed by atoms with Gasteiger partial charge in [-0.25, -0.2) is 4.39 Å². The highest BCUT2D eigenvalue weighted by Gasteiger charge is 2.28. The van der Waals surface area contributed by atoms with Crippen LogP contribution in [0, 0.1) is 5.82 Å². The van der Waals surface area contributed by atoms with Gasteiger partial charge in [-0.1, -0.05) is 0 Å². The molecule has 2 aromatic rings. The van der Waals surface area contributed by atoms with Crippen LogP contribution in [0.1, 0.15) is 44.5 Å². The second-order valence-electron chi connectivity index (χ2n) is 6.78. The van der Waals surface area contributed by atoms with Gasteiger partial charge >= 0.3 is 0 Å². The Balaban J connectivity index is 2.18. The summed E-state index contributed by atoms with van der Waals surface area (Å²) < 4.78 is 16.0. The summed E-state index contributed by atoms with van der Waals surface area (Å²) in [6, 6.07) is 7.40. The molecule has 0 saturated carbocycles. The van der Waals surface area contributed by atoms with Crippen LogP contribution in [-0.2, 0) is 19.5 Å². The highest BCUT2D eigenvalue weighted by molar-refractivity contribution is 5.59. The topological polar surface area (TPSA) is 8.17 Å². The van der Waals surface area contributed by atoms with E-state index < -0.39 is 0 Å². The van der Waals surface area contributed by atoms with Gasteiger partial charge < -0.3 is 9.47 Å². The van der Waals surface area contributed by atoms with Gasteiger partial charge in [0, 0.05) is 42.6 Å². The fourth-order valence-electron chi connectivity index (χ4n) is 3.20. The number of hydrogen-bond acceptors (Lipinski definition) is 1. The number of nitrogens with zero attached hydrogens (tertiary/aromatic N) is 2. The van der Waals surface area contributed by atoms with E-state index >= 15 is 0 Å². The summed E-state index contributed by atoms with van der Waals surface area (Å²) in [5.41, 5.74) is 4.90. The fourth-order valence-corrected chi connectivity index (χ4v) is 3.20. The van der Waals surface area contributed by atoms with Crippen molar-refractivity contribution < 1.29 is 4.39 Å². The van der Waals surface area contributed by atoms with Gasteiger partial charge in [0.1, 0.15) is 5.82 Å². The zero-order valence-electron chi connectivity index (χ0n) is 13.3. The van der Waals surface area contributed by atoms with E-state index in [2.05, 4.69) is 49.4 Å². The molecule has 0 N–H and O–H groups in total. The first kappa shape index (κ1) is 14.2. The van der Waals surface area contributed by atoms with Crippen molar-refractivity contribution in [3.8, 4) is 0 Å². The zero-order chi connectivity index (χ0) is 15.2. The van der Waals surface area contributed by atoms with Crippen molar-refractivity contribution in [2.24, 2.45) is 0 Å². The van der Waals surface area contributed by atoms with Gasteiger partial charge in [0.15, 0.2) is 0 Å². The highest BCUT2D eigenvalue weighted by atomic mass is 19.1. The summed E-state index contributed by atoms with van der Waals surface area (Å²) in [4.78, 5) is 2.38. The van der Waals surface area contributed by atoms with Crippen molar-refractivity contribution in [1.29, 1.82) is 0 Å². The maximum atomic E-state index is 13.7. The molecule has 0 radical (unpaired) electrons. The lowest BCUT2D eigenvalue weighted by Gasteiger charge is -2.38. The third-order valence-corrected chi connectivity index (χ3v) is 4.34. The Morgan fingerprint density at radius 3 is 2.57 bits per heavy atom. The minimum Gasteiger partial charge on any atom is -0.362 e. The quantitative estimate of drug-likeness (QED) is 0.756. The van der Waals surface area contributed by atoms with Crippen LogP contribution in [0.15, 0.2) is 30.5 Å². The molecule has 3 heteroatoms. The van der Waals surface area contributed by atoms with Crippen molar-refractivity contribution in [1.82, 2.24) is 4.57 Å². The molecule has 2 nitrogen and oxygen atoms in total. The SMILES string of the molecule is CCn1ccc2c1Cc1cc(F)ccc1N(C(C)(C)C)C2. The molecule has 2 heterocycles. The molecule has 0 bridgehead atoms. The van der Waals surface area contributed by atoms with Crippen molar-refractivity contribution in [2.75, 3.05) is 4.90 Å². The number of rotatable bonds is 1. The van der Waals surface area contributed by atoms with Gasteiger partial charge in [0.05, 0.1) is 0 Å². The van der Waals surface area contributed by atoms with Crippen LogP contribution in [-0.4, -0.2) is 10.1 Å². The van der Waals surface area contributed by atoms with Crippen LogP contribution in [0.4, 0.5) is 10.1 Å². The van der Waals surface area contributed by atoms with Gasteiger partial charge in [-0.05, 0) is 63.1 Å². The fraction of sp³-hybridized carbons (Fsp3) is 0.444. The van der Waals surface area contributed by atoms with E-state index in [9.17, 15) is 4.39 Å². The van der Waals surface area contributed by atoms with Gasteiger partial charge in [0.25, 0.3) is 0 Å². The van der Waals surface area contributed by atoms with E-state index in [0.29, 0.717) is 0 Å². The molecule has 1 aromatic heterocycles. The van der Waals surface area contributed by atoms with E-state index in [4.69, 9.17) is 0 Å². The van der Waals surface area contributed by atoms with Crippen molar-refractivity contribution in [2.45, 2.75) is 52.7 Å². The molecular weight excluding hydrogens is 263 g/mol. The number of halogens is 1. The molecule has 1 aliphatic heterocycles. The number of aryl methyl sites for hydroxylation is 1.